The van der Waals surface area contributed by atoms with Crippen LogP contribution >= 0.6 is 0 Å². The van der Waals surface area contributed by atoms with E-state index in [1.54, 1.807) is 13.0 Å². The number of hydrogen-bond donors (Lipinski definition) is 2. The Labute approximate surface area is 158 Å². The molecule has 0 bridgehead atoms. The van der Waals surface area contributed by atoms with Gasteiger partial charge in [0.15, 0.2) is 0 Å². The first-order chi connectivity index (χ1) is 13.1. The summed E-state index contributed by atoms with van der Waals surface area (Å²) in [7, 11) is 0. The van der Waals surface area contributed by atoms with Crippen LogP contribution in [0, 0.1) is 0 Å². The molecule has 0 saturated carbocycles. The molecular weight excluding hydrogens is 338 g/mol. The van der Waals surface area contributed by atoms with Crippen LogP contribution in [0.3, 0.4) is 0 Å². The molecule has 1 unspecified atom stereocenters. The van der Waals surface area contributed by atoms with Crippen LogP contribution < -0.4 is 10.6 Å². The monoisotopic (exact) mass is 361 g/mol. The van der Waals surface area contributed by atoms with Crippen LogP contribution in [0.15, 0.2) is 60.7 Å². The lowest BCUT2D eigenvalue weighted by Gasteiger charge is -2.15. The molecule has 0 spiro atoms. The third kappa shape index (κ3) is 4.31. The lowest BCUT2D eigenvalue weighted by atomic mass is 10.0. The molecule has 0 aliphatic carbocycles. The number of amides is 2. The molecule has 2 N–H and O–H groups in total. The van der Waals surface area contributed by atoms with Crippen molar-refractivity contribution in [1.82, 2.24) is 15.6 Å². The molecule has 3 aromatic rings. The van der Waals surface area contributed by atoms with Crippen molar-refractivity contribution in [2.75, 3.05) is 6.54 Å². The van der Waals surface area contributed by atoms with Gasteiger partial charge in [0.05, 0.1) is 16.8 Å². The molecular formula is C22H23N3O2. The van der Waals surface area contributed by atoms with Crippen molar-refractivity contribution in [2.45, 2.75) is 26.3 Å². The van der Waals surface area contributed by atoms with E-state index in [1.165, 1.54) is 0 Å². The summed E-state index contributed by atoms with van der Waals surface area (Å²) in [5, 5.41) is 6.35. The lowest BCUT2D eigenvalue weighted by molar-refractivity contribution is -0.122. The average Bonchev–Trinajstić information content (AvgIpc) is 2.71. The van der Waals surface area contributed by atoms with Gasteiger partial charge in [-0.25, -0.2) is 4.98 Å². The van der Waals surface area contributed by atoms with Gasteiger partial charge in [0.2, 0.25) is 5.91 Å². The van der Waals surface area contributed by atoms with E-state index in [1.807, 2.05) is 61.5 Å². The van der Waals surface area contributed by atoms with Gasteiger partial charge in [-0.1, -0.05) is 55.5 Å². The van der Waals surface area contributed by atoms with Crippen LogP contribution in [0.25, 0.3) is 22.2 Å². The number of fused-ring (bicyclic) bond motifs is 1. The fourth-order valence-electron chi connectivity index (χ4n) is 2.86. The zero-order chi connectivity index (χ0) is 19.2. The average molecular weight is 361 g/mol. The smallest absolute Gasteiger partial charge is 0.252 e. The zero-order valence-electron chi connectivity index (χ0n) is 15.5. The Balaban J connectivity index is 1.95. The van der Waals surface area contributed by atoms with Gasteiger partial charge in [-0.15, -0.1) is 0 Å². The summed E-state index contributed by atoms with van der Waals surface area (Å²) in [5.41, 5.74) is 2.91. The SMILES string of the molecule is CCCNC(=O)C(C)NC(=O)c1cc(-c2ccccc2)nc2ccccc12. The number of nitrogens with zero attached hydrogens (tertiary/aromatic N) is 1. The maximum Gasteiger partial charge on any atom is 0.252 e. The largest absolute Gasteiger partial charge is 0.354 e. The summed E-state index contributed by atoms with van der Waals surface area (Å²) >= 11 is 0. The van der Waals surface area contributed by atoms with Crippen LogP contribution in [0.2, 0.25) is 0 Å². The third-order valence-corrected chi connectivity index (χ3v) is 4.32. The van der Waals surface area contributed by atoms with E-state index in [9.17, 15) is 9.59 Å². The highest BCUT2D eigenvalue weighted by Crippen LogP contribution is 2.24. The molecule has 2 aromatic carbocycles. The topological polar surface area (TPSA) is 71.1 Å². The number of nitrogens with one attached hydrogen (secondary N) is 2. The molecule has 2 amide bonds. The molecule has 5 nitrogen and oxygen atoms in total. The molecule has 5 heteroatoms. The van der Waals surface area contributed by atoms with Gasteiger partial charge < -0.3 is 10.6 Å². The Hall–Kier alpha value is -3.21. The molecule has 138 valence electrons. The minimum atomic E-state index is -0.615. The normalized spacial score (nSPS) is 11.8. The summed E-state index contributed by atoms with van der Waals surface area (Å²) in [6.45, 7) is 4.26. The third-order valence-electron chi connectivity index (χ3n) is 4.32. The van der Waals surface area contributed by atoms with Gasteiger partial charge in [0.1, 0.15) is 6.04 Å². The molecule has 1 heterocycles. The number of carbonyl (C=O) groups is 2. The van der Waals surface area contributed by atoms with Crippen LogP contribution in [-0.2, 0) is 4.79 Å². The van der Waals surface area contributed by atoms with Gasteiger partial charge in [-0.05, 0) is 25.5 Å². The number of carbonyl (C=O) groups excluding carboxylic acids is 2. The second-order valence-electron chi connectivity index (χ2n) is 6.42. The van der Waals surface area contributed by atoms with Crippen molar-refractivity contribution in [2.24, 2.45) is 0 Å². The van der Waals surface area contributed by atoms with E-state index in [2.05, 4.69) is 15.6 Å². The Kier molecular flexibility index (Phi) is 5.81. The van der Waals surface area contributed by atoms with Crippen molar-refractivity contribution in [1.29, 1.82) is 0 Å². The molecule has 27 heavy (non-hydrogen) atoms. The van der Waals surface area contributed by atoms with Crippen molar-refractivity contribution >= 4 is 22.7 Å². The second-order valence-corrected chi connectivity index (χ2v) is 6.42. The summed E-state index contributed by atoms with van der Waals surface area (Å²) in [5.74, 6) is -0.475. The number of para-hydroxylation sites is 1. The van der Waals surface area contributed by atoms with Gasteiger partial charge in [-0.2, -0.15) is 0 Å². The fraction of sp³-hybridized carbons (Fsp3) is 0.227. The van der Waals surface area contributed by atoms with E-state index in [0.717, 1.165) is 28.6 Å². The van der Waals surface area contributed by atoms with Crippen LogP contribution in [0.5, 0.6) is 0 Å². The summed E-state index contributed by atoms with van der Waals surface area (Å²) in [4.78, 5) is 29.7. The fourth-order valence-corrected chi connectivity index (χ4v) is 2.86. The van der Waals surface area contributed by atoms with Gasteiger partial charge in [0, 0.05) is 17.5 Å². The van der Waals surface area contributed by atoms with Crippen molar-refractivity contribution in [3.8, 4) is 11.3 Å². The van der Waals surface area contributed by atoms with Crippen molar-refractivity contribution in [3.05, 3.63) is 66.2 Å². The molecule has 0 aliphatic rings. The van der Waals surface area contributed by atoms with Crippen LogP contribution in [0.4, 0.5) is 0 Å². The Morgan fingerprint density at radius 2 is 1.74 bits per heavy atom. The van der Waals surface area contributed by atoms with Gasteiger partial charge in [-0.3, -0.25) is 9.59 Å². The maximum absolute atomic E-state index is 12.9. The standard InChI is InChI=1S/C22H23N3O2/c1-3-13-23-21(26)15(2)24-22(27)18-14-20(16-9-5-4-6-10-16)25-19-12-8-7-11-17(18)19/h4-12,14-15H,3,13H2,1-2H3,(H,23,26)(H,24,27). The second kappa shape index (κ2) is 8.45. The Morgan fingerprint density at radius 1 is 1.04 bits per heavy atom. The molecule has 3 rings (SSSR count). The number of rotatable bonds is 6. The highest BCUT2D eigenvalue weighted by atomic mass is 16.2. The van der Waals surface area contributed by atoms with Crippen molar-refractivity contribution < 1.29 is 9.59 Å². The van der Waals surface area contributed by atoms with Crippen LogP contribution in [0.1, 0.15) is 30.6 Å². The Bertz CT molecular complexity index is 954. The van der Waals surface area contributed by atoms with Gasteiger partial charge >= 0.3 is 0 Å². The number of pyridine rings is 1. The van der Waals surface area contributed by atoms with Crippen molar-refractivity contribution in [3.63, 3.8) is 0 Å². The molecule has 0 aliphatic heterocycles. The number of benzene rings is 2. The Morgan fingerprint density at radius 3 is 2.48 bits per heavy atom. The molecule has 0 fully saturated rings. The predicted octanol–water partition coefficient (Wildman–Crippen LogP) is 3.55. The number of aromatic nitrogens is 1. The molecule has 0 saturated heterocycles. The number of hydrogen-bond acceptors (Lipinski definition) is 3. The zero-order valence-corrected chi connectivity index (χ0v) is 15.5. The highest BCUT2D eigenvalue weighted by Gasteiger charge is 2.19. The predicted molar refractivity (Wildman–Crippen MR) is 107 cm³/mol. The van der Waals surface area contributed by atoms with E-state index >= 15 is 0 Å². The summed E-state index contributed by atoms with van der Waals surface area (Å²) in [6, 6.07) is 18.4. The molecule has 1 aromatic heterocycles. The van der Waals surface area contributed by atoms with E-state index in [0.29, 0.717) is 12.1 Å². The quantitative estimate of drug-likeness (QED) is 0.705. The summed E-state index contributed by atoms with van der Waals surface area (Å²) in [6.07, 6.45) is 0.849. The summed E-state index contributed by atoms with van der Waals surface area (Å²) < 4.78 is 0. The molecule has 1 atom stereocenters. The van der Waals surface area contributed by atoms with E-state index in [4.69, 9.17) is 0 Å². The minimum absolute atomic E-state index is 0.188. The maximum atomic E-state index is 12.9. The highest BCUT2D eigenvalue weighted by molar-refractivity contribution is 6.08. The van der Waals surface area contributed by atoms with E-state index in [-0.39, 0.29) is 11.8 Å². The van der Waals surface area contributed by atoms with Crippen LogP contribution in [-0.4, -0.2) is 29.4 Å². The lowest BCUT2D eigenvalue weighted by Crippen LogP contribution is -2.45. The minimum Gasteiger partial charge on any atom is -0.354 e. The van der Waals surface area contributed by atoms with Gasteiger partial charge in [0.25, 0.3) is 5.91 Å². The first kappa shape index (κ1) is 18.6. The molecule has 0 radical (unpaired) electrons. The first-order valence-corrected chi connectivity index (χ1v) is 9.14. The first-order valence-electron chi connectivity index (χ1n) is 9.14. The van der Waals surface area contributed by atoms with E-state index < -0.39 is 6.04 Å².